The van der Waals surface area contributed by atoms with Crippen LogP contribution in [0.3, 0.4) is 0 Å². The van der Waals surface area contributed by atoms with Crippen molar-refractivity contribution >= 4 is 11.0 Å². The van der Waals surface area contributed by atoms with E-state index >= 15 is 0 Å². The maximum absolute atomic E-state index is 4.85. The number of hydrogen-bond acceptors (Lipinski definition) is 4. The number of para-hydroxylation sites is 2. The summed E-state index contributed by atoms with van der Waals surface area (Å²) in [4.78, 5) is 12.1. The molecule has 0 N–H and O–H groups in total. The second-order valence-electron chi connectivity index (χ2n) is 6.32. The van der Waals surface area contributed by atoms with Crippen LogP contribution in [0.4, 0.5) is 0 Å². The average molecular weight is 307 g/mol. The molecule has 0 spiro atoms. The SMILES string of the molecule is Cc1nc2ccccc2nc1CN1CCC[C@H]1c1cnn(C)c1. The minimum absolute atomic E-state index is 0.441. The third-order valence-corrected chi connectivity index (χ3v) is 4.67. The topological polar surface area (TPSA) is 46.8 Å². The molecule has 5 heteroatoms. The zero-order chi connectivity index (χ0) is 15.8. The minimum atomic E-state index is 0.441. The number of likely N-dealkylation sites (tertiary alicyclic amines) is 1. The zero-order valence-electron chi connectivity index (χ0n) is 13.6. The highest BCUT2D eigenvalue weighted by Crippen LogP contribution is 2.33. The van der Waals surface area contributed by atoms with Gasteiger partial charge in [0, 0.05) is 31.4 Å². The first-order valence-electron chi connectivity index (χ1n) is 8.15. The van der Waals surface area contributed by atoms with Gasteiger partial charge in [0.25, 0.3) is 0 Å². The molecular weight excluding hydrogens is 286 g/mol. The molecule has 118 valence electrons. The summed E-state index contributed by atoms with van der Waals surface area (Å²) in [6, 6.07) is 8.53. The largest absolute Gasteiger partial charge is 0.290 e. The predicted molar refractivity (Wildman–Crippen MR) is 89.9 cm³/mol. The van der Waals surface area contributed by atoms with Crippen LogP contribution in [-0.2, 0) is 13.6 Å². The quantitative estimate of drug-likeness (QED) is 0.746. The molecule has 1 saturated heterocycles. The normalized spacial score (nSPS) is 18.8. The molecule has 0 aliphatic carbocycles. The summed E-state index contributed by atoms with van der Waals surface area (Å²) < 4.78 is 1.88. The molecule has 23 heavy (non-hydrogen) atoms. The lowest BCUT2D eigenvalue weighted by Crippen LogP contribution is -2.24. The Morgan fingerprint density at radius 1 is 1.17 bits per heavy atom. The number of nitrogens with zero attached hydrogens (tertiary/aromatic N) is 5. The van der Waals surface area contributed by atoms with E-state index in [1.165, 1.54) is 18.4 Å². The lowest BCUT2D eigenvalue weighted by Gasteiger charge is -2.23. The van der Waals surface area contributed by atoms with Crippen molar-refractivity contribution in [2.24, 2.45) is 7.05 Å². The fraction of sp³-hybridized carbons (Fsp3) is 0.389. The van der Waals surface area contributed by atoms with Crippen LogP contribution in [0.15, 0.2) is 36.7 Å². The fourth-order valence-electron chi connectivity index (χ4n) is 3.47. The highest BCUT2D eigenvalue weighted by Gasteiger charge is 2.27. The van der Waals surface area contributed by atoms with E-state index < -0.39 is 0 Å². The monoisotopic (exact) mass is 307 g/mol. The standard InChI is InChI=1S/C18H21N5/c1-13-17(21-16-7-4-3-6-15(16)20-13)12-23-9-5-8-18(23)14-10-19-22(2)11-14/h3-4,6-7,10-11,18H,5,8-9,12H2,1-2H3/t18-/m0/s1. The average Bonchev–Trinajstić information content (AvgIpc) is 3.16. The summed E-state index contributed by atoms with van der Waals surface area (Å²) in [5.41, 5.74) is 5.36. The molecule has 0 amide bonds. The van der Waals surface area contributed by atoms with E-state index in [4.69, 9.17) is 9.97 Å². The Hall–Kier alpha value is -2.27. The summed E-state index contributed by atoms with van der Waals surface area (Å²) in [7, 11) is 1.97. The number of aryl methyl sites for hydroxylation is 2. The van der Waals surface area contributed by atoms with Crippen LogP contribution in [-0.4, -0.2) is 31.2 Å². The molecule has 5 nitrogen and oxygen atoms in total. The van der Waals surface area contributed by atoms with Gasteiger partial charge < -0.3 is 0 Å². The fourth-order valence-corrected chi connectivity index (χ4v) is 3.47. The first-order valence-corrected chi connectivity index (χ1v) is 8.15. The molecule has 1 atom stereocenters. The Labute approximate surface area is 136 Å². The van der Waals surface area contributed by atoms with E-state index in [-0.39, 0.29) is 0 Å². The van der Waals surface area contributed by atoms with Crippen molar-refractivity contribution in [2.45, 2.75) is 32.4 Å². The van der Waals surface area contributed by atoms with E-state index in [1.54, 1.807) is 0 Å². The van der Waals surface area contributed by atoms with Gasteiger partial charge in [-0.2, -0.15) is 5.10 Å². The van der Waals surface area contributed by atoms with E-state index in [2.05, 4.69) is 23.1 Å². The smallest absolute Gasteiger partial charge is 0.0890 e. The van der Waals surface area contributed by atoms with E-state index in [1.807, 2.05) is 42.2 Å². The number of rotatable bonds is 3. The van der Waals surface area contributed by atoms with Crippen LogP contribution in [0.1, 0.15) is 35.8 Å². The van der Waals surface area contributed by atoms with Crippen molar-refractivity contribution in [1.82, 2.24) is 24.6 Å². The molecule has 3 heterocycles. The van der Waals surface area contributed by atoms with Crippen molar-refractivity contribution in [2.75, 3.05) is 6.54 Å². The van der Waals surface area contributed by atoms with Crippen molar-refractivity contribution in [3.8, 4) is 0 Å². The predicted octanol–water partition coefficient (Wildman–Crippen LogP) is 3.01. The molecule has 0 bridgehead atoms. The Morgan fingerprint density at radius 2 is 1.96 bits per heavy atom. The van der Waals surface area contributed by atoms with Crippen molar-refractivity contribution in [1.29, 1.82) is 0 Å². The molecule has 4 rings (SSSR count). The lowest BCUT2D eigenvalue weighted by molar-refractivity contribution is 0.245. The van der Waals surface area contributed by atoms with Crippen LogP contribution in [0.25, 0.3) is 11.0 Å². The number of fused-ring (bicyclic) bond motifs is 1. The molecule has 1 aliphatic rings. The van der Waals surface area contributed by atoms with Gasteiger partial charge in [-0.05, 0) is 38.4 Å². The van der Waals surface area contributed by atoms with Gasteiger partial charge in [0.05, 0.1) is 28.6 Å². The summed E-state index contributed by atoms with van der Waals surface area (Å²) in [5.74, 6) is 0. The summed E-state index contributed by atoms with van der Waals surface area (Å²) in [6.07, 6.45) is 6.52. The lowest BCUT2D eigenvalue weighted by atomic mass is 10.1. The molecule has 0 saturated carbocycles. The van der Waals surface area contributed by atoms with Crippen molar-refractivity contribution < 1.29 is 0 Å². The summed E-state index contributed by atoms with van der Waals surface area (Å²) in [6.45, 7) is 4.01. The maximum atomic E-state index is 4.85. The molecule has 1 fully saturated rings. The Balaban J connectivity index is 1.63. The van der Waals surface area contributed by atoms with Gasteiger partial charge in [0.2, 0.25) is 0 Å². The third-order valence-electron chi connectivity index (χ3n) is 4.67. The number of aromatic nitrogens is 4. The molecule has 0 unspecified atom stereocenters. The van der Waals surface area contributed by atoms with Crippen LogP contribution >= 0.6 is 0 Å². The third kappa shape index (κ3) is 2.72. The van der Waals surface area contributed by atoms with Crippen LogP contribution in [0.2, 0.25) is 0 Å². The molecule has 1 aliphatic heterocycles. The van der Waals surface area contributed by atoms with E-state index in [0.29, 0.717) is 6.04 Å². The van der Waals surface area contributed by atoms with Gasteiger partial charge >= 0.3 is 0 Å². The molecule has 1 aromatic carbocycles. The maximum Gasteiger partial charge on any atom is 0.0890 e. The van der Waals surface area contributed by atoms with Gasteiger partial charge in [-0.15, -0.1) is 0 Å². The van der Waals surface area contributed by atoms with E-state index in [9.17, 15) is 0 Å². The highest BCUT2D eigenvalue weighted by atomic mass is 15.3. The Bertz CT molecular complexity index is 838. The Morgan fingerprint density at radius 3 is 2.70 bits per heavy atom. The summed E-state index contributed by atoms with van der Waals surface area (Å²) in [5, 5.41) is 4.32. The second-order valence-corrected chi connectivity index (χ2v) is 6.32. The Kier molecular flexibility index (Phi) is 3.58. The first-order chi connectivity index (χ1) is 11.2. The van der Waals surface area contributed by atoms with Gasteiger partial charge in [-0.25, -0.2) is 9.97 Å². The second kappa shape index (κ2) is 5.74. The van der Waals surface area contributed by atoms with Gasteiger partial charge in [-0.3, -0.25) is 9.58 Å². The highest BCUT2D eigenvalue weighted by molar-refractivity contribution is 5.74. The van der Waals surface area contributed by atoms with Gasteiger partial charge in [0.15, 0.2) is 0 Å². The van der Waals surface area contributed by atoms with Crippen molar-refractivity contribution in [3.05, 3.63) is 53.6 Å². The van der Waals surface area contributed by atoms with E-state index in [0.717, 1.165) is 35.5 Å². The zero-order valence-corrected chi connectivity index (χ0v) is 13.6. The van der Waals surface area contributed by atoms with Crippen LogP contribution < -0.4 is 0 Å². The van der Waals surface area contributed by atoms with Crippen LogP contribution in [0.5, 0.6) is 0 Å². The first kappa shape index (κ1) is 14.3. The summed E-state index contributed by atoms with van der Waals surface area (Å²) >= 11 is 0. The number of hydrogen-bond donors (Lipinski definition) is 0. The number of benzene rings is 1. The van der Waals surface area contributed by atoms with Gasteiger partial charge in [-0.1, -0.05) is 12.1 Å². The molecule has 0 radical (unpaired) electrons. The van der Waals surface area contributed by atoms with Gasteiger partial charge in [0.1, 0.15) is 0 Å². The van der Waals surface area contributed by atoms with Crippen LogP contribution in [0, 0.1) is 6.92 Å². The van der Waals surface area contributed by atoms with Crippen molar-refractivity contribution in [3.63, 3.8) is 0 Å². The molecule has 3 aromatic rings. The minimum Gasteiger partial charge on any atom is -0.290 e. The molecular formula is C18H21N5. The molecule has 2 aromatic heterocycles.